The zero-order valence-corrected chi connectivity index (χ0v) is 8.97. The molecule has 0 aromatic carbocycles. The Hall–Kier alpha value is -0.990. The molecule has 0 aliphatic heterocycles. The average molecular weight is 210 g/mol. The zero-order chi connectivity index (χ0) is 10.2. The third-order valence-corrected chi connectivity index (χ3v) is 2.66. The van der Waals surface area contributed by atoms with E-state index in [1.165, 1.54) is 0 Å². The van der Waals surface area contributed by atoms with Crippen LogP contribution in [-0.2, 0) is 0 Å². The summed E-state index contributed by atoms with van der Waals surface area (Å²) in [4.78, 5) is 7.10. The van der Waals surface area contributed by atoms with E-state index < -0.39 is 0 Å². The molecule has 1 aromatic rings. The fraction of sp³-hybridized carbons (Fsp3) is 0.556. The lowest BCUT2D eigenvalue weighted by Crippen LogP contribution is -2.27. The molecule has 4 nitrogen and oxygen atoms in total. The molecular weight excluding hydrogens is 196 g/mol. The van der Waals surface area contributed by atoms with Crippen molar-refractivity contribution in [1.82, 2.24) is 15.3 Å². The summed E-state index contributed by atoms with van der Waals surface area (Å²) in [5, 5.41) is 12.8. The Morgan fingerprint density at radius 3 is 3.21 bits per heavy atom. The maximum absolute atomic E-state index is 8.77. The summed E-state index contributed by atoms with van der Waals surface area (Å²) in [6.07, 6.45) is 4.37. The number of nitrogens with one attached hydrogen (secondary N) is 2. The first-order chi connectivity index (χ1) is 6.86. The second kappa shape index (κ2) is 6.46. The minimum Gasteiger partial charge on any atom is -0.340 e. The van der Waals surface area contributed by atoms with Crippen LogP contribution in [0.15, 0.2) is 17.6 Å². The molecule has 5 heteroatoms. The minimum atomic E-state index is -0.0394. The van der Waals surface area contributed by atoms with Gasteiger partial charge in [-0.2, -0.15) is 5.26 Å². The van der Waals surface area contributed by atoms with E-state index in [0.717, 1.165) is 23.9 Å². The summed E-state index contributed by atoms with van der Waals surface area (Å²) in [5.74, 6) is 0.902. The summed E-state index contributed by atoms with van der Waals surface area (Å²) >= 11 is 1.64. The third-order valence-electron chi connectivity index (χ3n) is 1.72. The van der Waals surface area contributed by atoms with Crippen molar-refractivity contribution >= 4 is 11.8 Å². The predicted octanol–water partition coefficient (Wildman–Crippen LogP) is 1.39. The normalized spacial score (nSPS) is 12.3. The topological polar surface area (TPSA) is 64.5 Å². The predicted molar refractivity (Wildman–Crippen MR) is 57.0 cm³/mol. The number of nitriles is 1. The van der Waals surface area contributed by atoms with Crippen LogP contribution < -0.4 is 5.32 Å². The number of thioether (sulfide) groups is 1. The molecule has 0 aliphatic rings. The summed E-state index contributed by atoms with van der Waals surface area (Å²) in [6.45, 7) is 2.84. The number of hydrogen-bond donors (Lipinski definition) is 2. The molecule has 1 rings (SSSR count). The van der Waals surface area contributed by atoms with Gasteiger partial charge in [-0.3, -0.25) is 0 Å². The summed E-state index contributed by atoms with van der Waals surface area (Å²) < 4.78 is 0. The molecule has 1 heterocycles. The SMILES string of the molecule is CCNC(C#N)CCSc1ncc[nH]1. The van der Waals surface area contributed by atoms with Crippen LogP contribution in [0.1, 0.15) is 13.3 Å². The fourth-order valence-electron chi connectivity index (χ4n) is 1.06. The first-order valence-electron chi connectivity index (χ1n) is 4.62. The van der Waals surface area contributed by atoms with Gasteiger partial charge in [-0.1, -0.05) is 18.7 Å². The Morgan fingerprint density at radius 1 is 1.79 bits per heavy atom. The molecule has 1 aromatic heterocycles. The van der Waals surface area contributed by atoms with E-state index in [1.54, 1.807) is 24.2 Å². The lowest BCUT2D eigenvalue weighted by atomic mass is 10.2. The maximum atomic E-state index is 8.77. The highest BCUT2D eigenvalue weighted by Gasteiger charge is 2.05. The number of aromatic amines is 1. The van der Waals surface area contributed by atoms with Gasteiger partial charge in [0, 0.05) is 18.1 Å². The second-order valence-corrected chi connectivity index (χ2v) is 3.85. The molecule has 0 aliphatic carbocycles. The van der Waals surface area contributed by atoms with Gasteiger partial charge in [0.15, 0.2) is 5.16 Å². The molecule has 0 saturated heterocycles. The zero-order valence-electron chi connectivity index (χ0n) is 8.16. The van der Waals surface area contributed by atoms with Crippen molar-refractivity contribution < 1.29 is 0 Å². The molecular formula is C9H14N4S. The standard InChI is InChI=1S/C9H14N4S/c1-2-11-8(7-10)3-6-14-9-12-4-5-13-9/h4-5,8,11H,2-3,6H2,1H3,(H,12,13). The van der Waals surface area contributed by atoms with Crippen molar-refractivity contribution in [3.05, 3.63) is 12.4 Å². The van der Waals surface area contributed by atoms with Crippen molar-refractivity contribution in [3.8, 4) is 6.07 Å². The van der Waals surface area contributed by atoms with Crippen molar-refractivity contribution in [2.24, 2.45) is 0 Å². The Morgan fingerprint density at radius 2 is 2.64 bits per heavy atom. The van der Waals surface area contributed by atoms with Gasteiger partial charge in [0.05, 0.1) is 12.1 Å². The van der Waals surface area contributed by atoms with Crippen LogP contribution >= 0.6 is 11.8 Å². The quantitative estimate of drug-likeness (QED) is 0.696. The molecule has 2 N–H and O–H groups in total. The highest BCUT2D eigenvalue weighted by Crippen LogP contribution is 2.13. The van der Waals surface area contributed by atoms with Gasteiger partial charge in [-0.05, 0) is 13.0 Å². The van der Waals surface area contributed by atoms with Crippen LogP contribution in [0.4, 0.5) is 0 Å². The lowest BCUT2D eigenvalue weighted by Gasteiger charge is -2.07. The van der Waals surface area contributed by atoms with Crippen molar-refractivity contribution in [1.29, 1.82) is 5.26 Å². The maximum Gasteiger partial charge on any atom is 0.165 e. The fourth-order valence-corrected chi connectivity index (χ4v) is 1.90. The smallest absolute Gasteiger partial charge is 0.165 e. The molecule has 0 radical (unpaired) electrons. The van der Waals surface area contributed by atoms with Crippen LogP contribution in [-0.4, -0.2) is 28.3 Å². The Balaban J connectivity index is 2.17. The molecule has 0 spiro atoms. The minimum absolute atomic E-state index is 0.0394. The first kappa shape index (κ1) is 11.1. The second-order valence-electron chi connectivity index (χ2n) is 2.77. The molecule has 0 fully saturated rings. The molecule has 1 atom stereocenters. The molecule has 76 valence electrons. The number of H-pyrrole nitrogens is 1. The van der Waals surface area contributed by atoms with E-state index in [-0.39, 0.29) is 6.04 Å². The summed E-state index contributed by atoms with van der Waals surface area (Å²) in [5.41, 5.74) is 0. The Kier molecular flexibility index (Phi) is 5.12. The van der Waals surface area contributed by atoms with Crippen molar-refractivity contribution in [2.45, 2.75) is 24.5 Å². The highest BCUT2D eigenvalue weighted by atomic mass is 32.2. The molecule has 0 bridgehead atoms. The largest absolute Gasteiger partial charge is 0.340 e. The molecule has 0 amide bonds. The Bertz CT molecular complexity index is 278. The summed E-state index contributed by atoms with van der Waals surface area (Å²) in [7, 11) is 0. The van der Waals surface area contributed by atoms with Crippen LogP contribution in [0.25, 0.3) is 0 Å². The van der Waals surface area contributed by atoms with Crippen molar-refractivity contribution in [2.75, 3.05) is 12.3 Å². The van der Waals surface area contributed by atoms with Gasteiger partial charge in [0.2, 0.25) is 0 Å². The van der Waals surface area contributed by atoms with E-state index in [2.05, 4.69) is 21.4 Å². The van der Waals surface area contributed by atoms with Gasteiger partial charge >= 0.3 is 0 Å². The summed E-state index contributed by atoms with van der Waals surface area (Å²) in [6, 6.07) is 2.19. The van der Waals surface area contributed by atoms with E-state index >= 15 is 0 Å². The highest BCUT2D eigenvalue weighted by molar-refractivity contribution is 7.99. The van der Waals surface area contributed by atoms with Crippen LogP contribution in [0.2, 0.25) is 0 Å². The number of aromatic nitrogens is 2. The van der Waals surface area contributed by atoms with Gasteiger partial charge < -0.3 is 10.3 Å². The van der Waals surface area contributed by atoms with E-state index in [4.69, 9.17) is 5.26 Å². The van der Waals surface area contributed by atoms with E-state index in [0.29, 0.717) is 0 Å². The Labute approximate surface area is 88.1 Å². The number of rotatable bonds is 6. The lowest BCUT2D eigenvalue weighted by molar-refractivity contribution is 0.612. The third kappa shape index (κ3) is 3.81. The van der Waals surface area contributed by atoms with Crippen LogP contribution in [0.3, 0.4) is 0 Å². The van der Waals surface area contributed by atoms with Crippen LogP contribution in [0.5, 0.6) is 0 Å². The van der Waals surface area contributed by atoms with Gasteiger partial charge in [0.1, 0.15) is 0 Å². The molecule has 14 heavy (non-hydrogen) atoms. The monoisotopic (exact) mass is 210 g/mol. The van der Waals surface area contributed by atoms with Gasteiger partial charge in [-0.15, -0.1) is 0 Å². The first-order valence-corrected chi connectivity index (χ1v) is 5.60. The van der Waals surface area contributed by atoms with E-state index in [1.807, 2.05) is 6.92 Å². The molecule has 1 unspecified atom stereocenters. The van der Waals surface area contributed by atoms with Crippen molar-refractivity contribution in [3.63, 3.8) is 0 Å². The van der Waals surface area contributed by atoms with E-state index in [9.17, 15) is 0 Å². The number of imidazole rings is 1. The number of nitrogens with zero attached hydrogens (tertiary/aromatic N) is 2. The van der Waals surface area contributed by atoms with Gasteiger partial charge in [0.25, 0.3) is 0 Å². The number of hydrogen-bond acceptors (Lipinski definition) is 4. The average Bonchev–Trinajstić information content (AvgIpc) is 2.69. The molecule has 0 saturated carbocycles. The van der Waals surface area contributed by atoms with Crippen LogP contribution in [0, 0.1) is 11.3 Å². The van der Waals surface area contributed by atoms with Gasteiger partial charge in [-0.25, -0.2) is 4.98 Å².